The minimum atomic E-state index is -4.48. The van der Waals surface area contributed by atoms with Crippen LogP contribution in [0.15, 0.2) is 65.3 Å². The SMILES string of the molecule is Cc1ccc(C(=O)NC(CO)c2ccc(C(F)(F)F)cc2)cc1NC(=O)c1ccco1. The predicted octanol–water partition coefficient (Wildman–Crippen LogP) is 4.32. The van der Waals surface area contributed by atoms with Crippen molar-refractivity contribution in [3.63, 3.8) is 0 Å². The lowest BCUT2D eigenvalue weighted by molar-refractivity contribution is -0.137. The highest BCUT2D eigenvalue weighted by molar-refractivity contribution is 6.04. The number of anilines is 1. The number of amides is 2. The molecule has 1 heterocycles. The molecule has 31 heavy (non-hydrogen) atoms. The first kappa shape index (κ1) is 22.1. The standard InChI is InChI=1S/C22H19F3N2O4/c1-13-4-5-15(11-17(13)26-21(30)19-3-2-10-31-19)20(29)27-18(12-28)14-6-8-16(9-7-14)22(23,24)25/h2-11,18,28H,12H2,1H3,(H,26,30)(H,27,29). The number of furan rings is 1. The fourth-order valence-electron chi connectivity index (χ4n) is 2.87. The number of halogens is 3. The van der Waals surface area contributed by atoms with Gasteiger partial charge >= 0.3 is 6.18 Å². The number of aliphatic hydroxyl groups is 1. The molecule has 1 unspecified atom stereocenters. The van der Waals surface area contributed by atoms with Crippen LogP contribution in [0.2, 0.25) is 0 Å². The molecule has 0 spiro atoms. The van der Waals surface area contributed by atoms with Gasteiger partial charge in [-0.2, -0.15) is 13.2 Å². The number of hydrogen-bond donors (Lipinski definition) is 3. The van der Waals surface area contributed by atoms with Gasteiger partial charge < -0.3 is 20.2 Å². The van der Waals surface area contributed by atoms with Crippen LogP contribution in [0.3, 0.4) is 0 Å². The minimum Gasteiger partial charge on any atom is -0.459 e. The highest BCUT2D eigenvalue weighted by atomic mass is 19.4. The second-order valence-electron chi connectivity index (χ2n) is 6.79. The maximum Gasteiger partial charge on any atom is 0.416 e. The van der Waals surface area contributed by atoms with E-state index < -0.39 is 36.2 Å². The molecule has 0 bridgehead atoms. The molecule has 1 aromatic heterocycles. The van der Waals surface area contributed by atoms with Gasteiger partial charge in [0.25, 0.3) is 11.8 Å². The van der Waals surface area contributed by atoms with Crippen molar-refractivity contribution >= 4 is 17.5 Å². The minimum absolute atomic E-state index is 0.108. The fourth-order valence-corrected chi connectivity index (χ4v) is 2.87. The number of benzene rings is 2. The van der Waals surface area contributed by atoms with Crippen molar-refractivity contribution in [2.45, 2.75) is 19.1 Å². The van der Waals surface area contributed by atoms with E-state index in [-0.39, 0.29) is 11.3 Å². The van der Waals surface area contributed by atoms with Gasteiger partial charge in [-0.15, -0.1) is 0 Å². The van der Waals surface area contributed by atoms with Gasteiger partial charge in [0.15, 0.2) is 5.76 Å². The molecule has 0 saturated heterocycles. The first-order chi connectivity index (χ1) is 14.7. The van der Waals surface area contributed by atoms with Gasteiger partial charge in [0.2, 0.25) is 0 Å². The van der Waals surface area contributed by atoms with Crippen LogP contribution in [0.25, 0.3) is 0 Å². The summed E-state index contributed by atoms with van der Waals surface area (Å²) < 4.78 is 43.2. The summed E-state index contributed by atoms with van der Waals surface area (Å²) in [5, 5.41) is 14.9. The van der Waals surface area contributed by atoms with Crippen molar-refractivity contribution < 1.29 is 32.3 Å². The van der Waals surface area contributed by atoms with Gasteiger partial charge in [-0.3, -0.25) is 9.59 Å². The number of hydrogen-bond acceptors (Lipinski definition) is 4. The van der Waals surface area contributed by atoms with Crippen LogP contribution in [0.4, 0.5) is 18.9 Å². The molecule has 3 N–H and O–H groups in total. The van der Waals surface area contributed by atoms with Gasteiger partial charge in [0, 0.05) is 11.3 Å². The van der Waals surface area contributed by atoms with Gasteiger partial charge in [-0.05, 0) is 54.4 Å². The first-order valence-electron chi connectivity index (χ1n) is 9.23. The van der Waals surface area contributed by atoms with E-state index in [0.29, 0.717) is 16.8 Å². The normalized spacial score (nSPS) is 12.3. The lowest BCUT2D eigenvalue weighted by Crippen LogP contribution is -2.31. The maximum absolute atomic E-state index is 12.7. The zero-order valence-electron chi connectivity index (χ0n) is 16.4. The number of carbonyl (C=O) groups excluding carboxylic acids is 2. The monoisotopic (exact) mass is 432 g/mol. The van der Waals surface area contributed by atoms with Crippen LogP contribution in [-0.2, 0) is 6.18 Å². The molecular formula is C22H19F3N2O4. The second-order valence-corrected chi connectivity index (χ2v) is 6.79. The summed E-state index contributed by atoms with van der Waals surface area (Å²) in [4.78, 5) is 24.9. The van der Waals surface area contributed by atoms with E-state index in [4.69, 9.17) is 4.42 Å². The molecule has 1 atom stereocenters. The summed E-state index contributed by atoms with van der Waals surface area (Å²) in [7, 11) is 0. The van der Waals surface area contributed by atoms with E-state index in [2.05, 4.69) is 10.6 Å². The average molecular weight is 432 g/mol. The zero-order chi connectivity index (χ0) is 22.6. The first-order valence-corrected chi connectivity index (χ1v) is 9.23. The third kappa shape index (κ3) is 5.32. The van der Waals surface area contributed by atoms with Crippen molar-refractivity contribution in [1.29, 1.82) is 0 Å². The van der Waals surface area contributed by atoms with E-state index in [1.807, 2.05) is 0 Å². The summed E-state index contributed by atoms with van der Waals surface area (Å²) in [6.45, 7) is 1.24. The third-order valence-electron chi connectivity index (χ3n) is 4.62. The van der Waals surface area contributed by atoms with E-state index in [9.17, 15) is 27.9 Å². The zero-order valence-corrected chi connectivity index (χ0v) is 16.4. The van der Waals surface area contributed by atoms with Crippen molar-refractivity contribution in [2.24, 2.45) is 0 Å². The third-order valence-corrected chi connectivity index (χ3v) is 4.62. The number of alkyl halides is 3. The molecule has 162 valence electrons. The molecule has 2 amide bonds. The van der Waals surface area contributed by atoms with Gasteiger partial charge in [-0.25, -0.2) is 0 Å². The fraction of sp³-hybridized carbons (Fsp3) is 0.182. The van der Waals surface area contributed by atoms with Gasteiger partial charge in [0.1, 0.15) is 0 Å². The summed E-state index contributed by atoms with van der Waals surface area (Å²) in [5.74, 6) is -0.937. The van der Waals surface area contributed by atoms with Crippen molar-refractivity contribution in [1.82, 2.24) is 5.32 Å². The van der Waals surface area contributed by atoms with Crippen LogP contribution in [0, 0.1) is 6.92 Å². The van der Waals surface area contributed by atoms with E-state index in [0.717, 1.165) is 12.1 Å². The van der Waals surface area contributed by atoms with Crippen molar-refractivity contribution in [3.8, 4) is 0 Å². The van der Waals surface area contributed by atoms with Crippen LogP contribution in [0.1, 0.15) is 43.6 Å². The van der Waals surface area contributed by atoms with Crippen LogP contribution in [-0.4, -0.2) is 23.5 Å². The molecule has 0 aliphatic heterocycles. The highest BCUT2D eigenvalue weighted by Crippen LogP contribution is 2.30. The smallest absolute Gasteiger partial charge is 0.416 e. The highest BCUT2D eigenvalue weighted by Gasteiger charge is 2.30. The largest absolute Gasteiger partial charge is 0.459 e. The molecule has 9 heteroatoms. The Balaban J connectivity index is 1.75. The summed E-state index contributed by atoms with van der Waals surface area (Å²) in [5.41, 5.74) is 0.796. The number of aliphatic hydroxyl groups excluding tert-OH is 1. The lowest BCUT2D eigenvalue weighted by atomic mass is 10.0. The van der Waals surface area contributed by atoms with E-state index in [1.165, 1.54) is 36.6 Å². The van der Waals surface area contributed by atoms with Gasteiger partial charge in [-0.1, -0.05) is 18.2 Å². The quantitative estimate of drug-likeness (QED) is 0.541. The molecule has 0 aliphatic rings. The van der Waals surface area contributed by atoms with Crippen LogP contribution >= 0.6 is 0 Å². The number of carbonyl (C=O) groups is 2. The Morgan fingerprint density at radius 2 is 1.77 bits per heavy atom. The Morgan fingerprint density at radius 3 is 2.35 bits per heavy atom. The van der Waals surface area contributed by atoms with Crippen molar-refractivity contribution in [3.05, 3.63) is 88.9 Å². The summed E-state index contributed by atoms with van der Waals surface area (Å²) in [6.07, 6.45) is -3.11. The Labute approximate surface area is 175 Å². The second kappa shape index (κ2) is 9.05. The Kier molecular flexibility index (Phi) is 6.45. The molecule has 0 fully saturated rings. The van der Waals surface area contributed by atoms with Crippen LogP contribution < -0.4 is 10.6 Å². The molecule has 6 nitrogen and oxygen atoms in total. The van der Waals surface area contributed by atoms with Crippen molar-refractivity contribution in [2.75, 3.05) is 11.9 Å². The Bertz CT molecular complexity index is 1060. The molecule has 0 saturated carbocycles. The molecule has 2 aromatic carbocycles. The van der Waals surface area contributed by atoms with E-state index in [1.54, 1.807) is 19.1 Å². The maximum atomic E-state index is 12.7. The Morgan fingerprint density at radius 1 is 1.06 bits per heavy atom. The molecule has 3 rings (SSSR count). The molecule has 0 aliphatic carbocycles. The lowest BCUT2D eigenvalue weighted by Gasteiger charge is -2.18. The van der Waals surface area contributed by atoms with Gasteiger partial charge in [0.05, 0.1) is 24.5 Å². The molecule has 3 aromatic rings. The average Bonchev–Trinajstić information content (AvgIpc) is 3.28. The molecular weight excluding hydrogens is 413 g/mol. The van der Waals surface area contributed by atoms with E-state index >= 15 is 0 Å². The topological polar surface area (TPSA) is 91.6 Å². The summed E-state index contributed by atoms with van der Waals surface area (Å²) in [6, 6.07) is 11.0. The number of rotatable bonds is 6. The summed E-state index contributed by atoms with van der Waals surface area (Å²) >= 11 is 0. The predicted molar refractivity (Wildman–Crippen MR) is 107 cm³/mol. The number of nitrogens with one attached hydrogen (secondary N) is 2. The Hall–Kier alpha value is -3.59. The van der Waals surface area contributed by atoms with Crippen LogP contribution in [0.5, 0.6) is 0 Å². The number of aryl methyl sites for hydroxylation is 1. The molecule has 0 radical (unpaired) electrons.